The molecular weight excluding hydrogens is 360 g/mol. The van der Waals surface area contributed by atoms with Crippen molar-refractivity contribution < 1.29 is 0 Å². The predicted molar refractivity (Wildman–Crippen MR) is 119 cm³/mol. The van der Waals surface area contributed by atoms with Crippen molar-refractivity contribution >= 4 is 17.3 Å². The Bertz CT molecular complexity index is 984. The Morgan fingerprint density at radius 3 is 2.72 bits per heavy atom. The van der Waals surface area contributed by atoms with Crippen molar-refractivity contribution in [3.05, 3.63) is 73.0 Å². The van der Waals surface area contributed by atoms with Crippen LogP contribution in [0.2, 0.25) is 0 Å². The molecule has 6 nitrogen and oxygen atoms in total. The average molecular weight is 387 g/mol. The van der Waals surface area contributed by atoms with Gasteiger partial charge in [0, 0.05) is 43.8 Å². The van der Waals surface area contributed by atoms with Crippen LogP contribution in [-0.2, 0) is 6.42 Å². The maximum Gasteiger partial charge on any atom is 0.158 e. The zero-order valence-electron chi connectivity index (χ0n) is 17.0. The summed E-state index contributed by atoms with van der Waals surface area (Å²) in [6.45, 7) is 8.18. The lowest BCUT2D eigenvalue weighted by molar-refractivity contribution is 0.789. The van der Waals surface area contributed by atoms with Crippen LogP contribution < -0.4 is 15.1 Å². The van der Waals surface area contributed by atoms with Crippen molar-refractivity contribution in [2.24, 2.45) is 0 Å². The van der Waals surface area contributed by atoms with Crippen LogP contribution in [0, 0.1) is 0 Å². The Morgan fingerprint density at radius 1 is 1.10 bits per heavy atom. The molecular formula is C23H26N6. The third-order valence-electron chi connectivity index (χ3n) is 5.14. The molecule has 1 aliphatic heterocycles. The van der Waals surface area contributed by atoms with E-state index in [1.807, 2.05) is 24.4 Å². The maximum atomic E-state index is 5.02. The van der Waals surface area contributed by atoms with Crippen LogP contribution in [0.1, 0.15) is 19.0 Å². The van der Waals surface area contributed by atoms with Crippen LogP contribution in [0.5, 0.6) is 0 Å². The van der Waals surface area contributed by atoms with Crippen LogP contribution in [-0.4, -0.2) is 35.1 Å². The van der Waals surface area contributed by atoms with Gasteiger partial charge in [-0.2, -0.15) is 0 Å². The van der Waals surface area contributed by atoms with Crippen molar-refractivity contribution in [1.82, 2.24) is 15.0 Å². The third kappa shape index (κ3) is 4.06. The van der Waals surface area contributed by atoms with Gasteiger partial charge in [-0.05, 0) is 49.2 Å². The van der Waals surface area contributed by atoms with Gasteiger partial charge in [0.2, 0.25) is 0 Å². The van der Waals surface area contributed by atoms with Crippen molar-refractivity contribution in [2.75, 3.05) is 35.3 Å². The Balaban J connectivity index is 1.69. The van der Waals surface area contributed by atoms with Gasteiger partial charge >= 0.3 is 0 Å². The Labute approximate surface area is 171 Å². The number of nitrogens with zero attached hydrogens (tertiary/aromatic N) is 5. The molecule has 29 heavy (non-hydrogen) atoms. The minimum atomic E-state index is 0.768. The van der Waals surface area contributed by atoms with Crippen LogP contribution in [0.3, 0.4) is 0 Å². The molecule has 0 spiro atoms. The van der Waals surface area contributed by atoms with Gasteiger partial charge in [-0.15, -0.1) is 0 Å². The van der Waals surface area contributed by atoms with E-state index in [0.717, 1.165) is 66.0 Å². The molecule has 4 rings (SSSR count). The van der Waals surface area contributed by atoms with Gasteiger partial charge in [0.1, 0.15) is 11.6 Å². The van der Waals surface area contributed by atoms with Gasteiger partial charge in [0.15, 0.2) is 5.82 Å². The van der Waals surface area contributed by atoms with E-state index in [9.17, 15) is 0 Å². The highest BCUT2D eigenvalue weighted by Crippen LogP contribution is 2.34. The minimum Gasteiger partial charge on any atom is -0.372 e. The minimum absolute atomic E-state index is 0.768. The van der Waals surface area contributed by atoms with E-state index in [-0.39, 0.29) is 0 Å². The van der Waals surface area contributed by atoms with E-state index in [1.165, 1.54) is 0 Å². The SMILES string of the molecule is C=C(Nc1ccccn1)N1CCCN(C)c2ccc(-c3ccc(CC)nc3)nc21. The van der Waals surface area contributed by atoms with Gasteiger partial charge in [-0.25, -0.2) is 9.97 Å². The highest BCUT2D eigenvalue weighted by atomic mass is 15.3. The number of anilines is 3. The first-order valence-corrected chi connectivity index (χ1v) is 9.97. The Morgan fingerprint density at radius 2 is 2.00 bits per heavy atom. The summed E-state index contributed by atoms with van der Waals surface area (Å²) >= 11 is 0. The van der Waals surface area contributed by atoms with Crippen molar-refractivity contribution in [1.29, 1.82) is 0 Å². The summed E-state index contributed by atoms with van der Waals surface area (Å²) in [6.07, 6.45) is 5.61. The van der Waals surface area contributed by atoms with E-state index < -0.39 is 0 Å². The molecule has 0 bridgehead atoms. The zero-order chi connectivity index (χ0) is 20.2. The molecule has 6 heteroatoms. The second-order valence-electron chi connectivity index (χ2n) is 7.14. The topological polar surface area (TPSA) is 57.2 Å². The second-order valence-corrected chi connectivity index (χ2v) is 7.14. The standard InChI is InChI=1S/C23H26N6/c1-4-19-10-9-18(16-25-19)20-11-12-21-23(27-20)29(15-7-14-28(21)3)17(2)26-22-8-5-6-13-24-22/h5-6,8-13,16H,2,4,7,14-15H2,1,3H3,(H,24,26). The number of rotatable bonds is 5. The van der Waals surface area contributed by atoms with Crippen molar-refractivity contribution in [3.8, 4) is 11.3 Å². The van der Waals surface area contributed by atoms with E-state index in [2.05, 4.69) is 69.9 Å². The monoisotopic (exact) mass is 386 g/mol. The lowest BCUT2D eigenvalue weighted by atomic mass is 10.1. The molecule has 0 aliphatic carbocycles. The molecule has 4 heterocycles. The lowest BCUT2D eigenvalue weighted by Gasteiger charge is -2.27. The second kappa shape index (κ2) is 8.31. The summed E-state index contributed by atoms with van der Waals surface area (Å²) < 4.78 is 0. The number of aromatic nitrogens is 3. The van der Waals surface area contributed by atoms with Crippen LogP contribution in [0.25, 0.3) is 11.3 Å². The molecule has 1 N–H and O–H groups in total. The zero-order valence-corrected chi connectivity index (χ0v) is 17.0. The van der Waals surface area contributed by atoms with Gasteiger partial charge in [-0.1, -0.05) is 19.6 Å². The van der Waals surface area contributed by atoms with Crippen LogP contribution in [0.4, 0.5) is 17.3 Å². The maximum absolute atomic E-state index is 5.02. The molecule has 0 fully saturated rings. The first-order valence-electron chi connectivity index (χ1n) is 9.97. The summed E-state index contributed by atoms with van der Waals surface area (Å²) in [6, 6.07) is 14.1. The van der Waals surface area contributed by atoms with E-state index in [4.69, 9.17) is 4.98 Å². The van der Waals surface area contributed by atoms with Gasteiger partial charge in [0.25, 0.3) is 0 Å². The van der Waals surface area contributed by atoms with E-state index >= 15 is 0 Å². The summed E-state index contributed by atoms with van der Waals surface area (Å²) in [4.78, 5) is 18.3. The molecule has 0 saturated carbocycles. The smallest absolute Gasteiger partial charge is 0.158 e. The number of aryl methyl sites for hydroxylation is 1. The van der Waals surface area contributed by atoms with Crippen LogP contribution >= 0.6 is 0 Å². The quantitative estimate of drug-likeness (QED) is 0.704. The average Bonchev–Trinajstić information content (AvgIpc) is 2.93. The van der Waals surface area contributed by atoms with Crippen LogP contribution in [0.15, 0.2) is 67.3 Å². The number of hydrogen-bond acceptors (Lipinski definition) is 6. The molecule has 3 aromatic heterocycles. The molecule has 0 aromatic carbocycles. The molecule has 1 aliphatic rings. The Kier molecular flexibility index (Phi) is 5.42. The fourth-order valence-electron chi connectivity index (χ4n) is 3.49. The largest absolute Gasteiger partial charge is 0.372 e. The first kappa shape index (κ1) is 18.9. The summed E-state index contributed by atoms with van der Waals surface area (Å²) in [7, 11) is 2.11. The number of pyridine rings is 3. The summed E-state index contributed by atoms with van der Waals surface area (Å²) in [5.74, 6) is 2.44. The molecule has 3 aromatic rings. The van der Waals surface area contributed by atoms with E-state index in [0.29, 0.717) is 0 Å². The van der Waals surface area contributed by atoms with E-state index in [1.54, 1.807) is 6.20 Å². The Hall–Kier alpha value is -3.41. The number of hydrogen-bond donors (Lipinski definition) is 1. The number of nitrogens with one attached hydrogen (secondary N) is 1. The molecule has 0 radical (unpaired) electrons. The summed E-state index contributed by atoms with van der Waals surface area (Å²) in [5.41, 5.74) is 4.09. The normalized spacial score (nSPS) is 13.6. The fraction of sp³-hybridized carbons (Fsp3) is 0.261. The highest BCUT2D eigenvalue weighted by molar-refractivity contribution is 5.75. The van der Waals surface area contributed by atoms with Gasteiger partial charge in [0.05, 0.1) is 11.4 Å². The predicted octanol–water partition coefficient (Wildman–Crippen LogP) is 4.33. The third-order valence-corrected chi connectivity index (χ3v) is 5.14. The fourth-order valence-corrected chi connectivity index (χ4v) is 3.49. The summed E-state index contributed by atoms with van der Waals surface area (Å²) in [5, 5.41) is 3.32. The van der Waals surface area contributed by atoms with Gasteiger partial charge in [-0.3, -0.25) is 4.98 Å². The first-order chi connectivity index (χ1) is 14.2. The van der Waals surface area contributed by atoms with Gasteiger partial charge < -0.3 is 15.1 Å². The molecule has 0 unspecified atom stereocenters. The highest BCUT2D eigenvalue weighted by Gasteiger charge is 2.23. The molecule has 0 atom stereocenters. The lowest BCUT2D eigenvalue weighted by Crippen LogP contribution is -2.28. The van der Waals surface area contributed by atoms with Crippen molar-refractivity contribution in [3.63, 3.8) is 0 Å². The molecule has 148 valence electrons. The number of fused-ring (bicyclic) bond motifs is 1. The molecule has 0 amide bonds. The van der Waals surface area contributed by atoms with Crippen molar-refractivity contribution in [2.45, 2.75) is 19.8 Å². The molecule has 0 saturated heterocycles.